The molecule has 0 saturated carbocycles. The molecule has 0 fully saturated rings. The van der Waals surface area contributed by atoms with Crippen LogP contribution in [0.2, 0.25) is 0 Å². The molecule has 0 bridgehead atoms. The second kappa shape index (κ2) is 16.6. The number of aromatic nitrogens is 3. The van der Waals surface area contributed by atoms with Crippen molar-refractivity contribution in [3.05, 3.63) is 71.9 Å². The Labute approximate surface area is 261 Å². The Balaban J connectivity index is 1.40. The van der Waals surface area contributed by atoms with Gasteiger partial charge in [0, 0.05) is 50.2 Å². The average molecular weight is 606 g/mol. The molecule has 2 atom stereocenters. The molecule has 1 aliphatic rings. The Bertz CT molecular complexity index is 1320. The highest BCUT2D eigenvalue weighted by Gasteiger charge is 2.27. The maximum absolute atomic E-state index is 14.7. The van der Waals surface area contributed by atoms with Crippen molar-refractivity contribution in [3.8, 4) is 11.1 Å². The Morgan fingerprint density at radius 3 is 2.57 bits per heavy atom. The first-order valence-corrected chi connectivity index (χ1v) is 15.9. The third kappa shape index (κ3) is 10.9. The van der Waals surface area contributed by atoms with Crippen LogP contribution < -0.4 is 5.32 Å². The van der Waals surface area contributed by atoms with E-state index < -0.39 is 17.8 Å². The lowest BCUT2D eigenvalue weighted by Crippen LogP contribution is -2.41. The van der Waals surface area contributed by atoms with Crippen molar-refractivity contribution in [1.29, 1.82) is 0 Å². The number of ether oxygens (including phenoxy) is 2. The van der Waals surface area contributed by atoms with Crippen LogP contribution in [0.1, 0.15) is 69.8 Å². The SMILES string of the molecule is COC[C@@H](F)CN(CCCCc1ccc2c(n1)CCCC2)CC[C@H](Nc1cc(-c2ccncc2)ccn1)C(=O)OC(C)(C)C. The van der Waals surface area contributed by atoms with E-state index in [1.54, 1.807) is 18.6 Å². The van der Waals surface area contributed by atoms with Gasteiger partial charge in [-0.05, 0) is 126 Å². The summed E-state index contributed by atoms with van der Waals surface area (Å²) < 4.78 is 25.6. The van der Waals surface area contributed by atoms with Crippen LogP contribution in [0, 0.1) is 0 Å². The number of hydrogen-bond donors (Lipinski definition) is 1. The van der Waals surface area contributed by atoms with Crippen molar-refractivity contribution in [2.75, 3.05) is 38.7 Å². The van der Waals surface area contributed by atoms with Crippen molar-refractivity contribution in [1.82, 2.24) is 19.9 Å². The summed E-state index contributed by atoms with van der Waals surface area (Å²) in [6, 6.07) is 11.4. The molecule has 0 unspecified atom stereocenters. The topological polar surface area (TPSA) is 89.5 Å². The molecule has 0 spiro atoms. The molecule has 0 aliphatic heterocycles. The molecule has 0 saturated heterocycles. The Morgan fingerprint density at radius 1 is 1.02 bits per heavy atom. The molecule has 44 heavy (non-hydrogen) atoms. The highest BCUT2D eigenvalue weighted by atomic mass is 19.1. The maximum Gasteiger partial charge on any atom is 0.329 e. The minimum Gasteiger partial charge on any atom is -0.458 e. The summed E-state index contributed by atoms with van der Waals surface area (Å²) in [6.45, 7) is 7.07. The molecule has 0 radical (unpaired) electrons. The zero-order valence-electron chi connectivity index (χ0n) is 26.7. The van der Waals surface area contributed by atoms with E-state index in [1.165, 1.54) is 31.2 Å². The fraction of sp³-hybridized carbons (Fsp3) is 0.543. The molecule has 3 aromatic heterocycles. The fourth-order valence-electron chi connectivity index (χ4n) is 5.56. The highest BCUT2D eigenvalue weighted by molar-refractivity contribution is 5.79. The first-order valence-electron chi connectivity index (χ1n) is 15.9. The van der Waals surface area contributed by atoms with Gasteiger partial charge in [0.1, 0.15) is 23.6 Å². The van der Waals surface area contributed by atoms with Gasteiger partial charge in [0.05, 0.1) is 6.61 Å². The summed E-state index contributed by atoms with van der Waals surface area (Å²) in [6.07, 6.45) is 12.0. The van der Waals surface area contributed by atoms with Crippen molar-refractivity contribution in [2.45, 2.75) is 90.0 Å². The lowest BCUT2D eigenvalue weighted by atomic mass is 9.95. The van der Waals surface area contributed by atoms with Crippen LogP contribution in [-0.4, -0.2) is 77.0 Å². The molecule has 4 rings (SSSR count). The number of halogens is 1. The third-order valence-electron chi connectivity index (χ3n) is 7.72. The highest BCUT2D eigenvalue weighted by Crippen LogP contribution is 2.23. The van der Waals surface area contributed by atoms with Gasteiger partial charge in [-0.3, -0.25) is 9.97 Å². The quantitative estimate of drug-likeness (QED) is 0.152. The number of rotatable bonds is 16. The minimum absolute atomic E-state index is 0.0367. The molecule has 3 aromatic rings. The van der Waals surface area contributed by atoms with Crippen LogP contribution in [0.15, 0.2) is 55.0 Å². The van der Waals surface area contributed by atoms with Crippen LogP contribution >= 0.6 is 0 Å². The summed E-state index contributed by atoms with van der Waals surface area (Å²) in [7, 11) is 1.51. The number of pyridine rings is 3. The largest absolute Gasteiger partial charge is 0.458 e. The van der Waals surface area contributed by atoms with Crippen molar-refractivity contribution >= 4 is 11.8 Å². The predicted octanol–water partition coefficient (Wildman–Crippen LogP) is 6.24. The van der Waals surface area contributed by atoms with Crippen molar-refractivity contribution in [2.24, 2.45) is 0 Å². The Kier molecular flexibility index (Phi) is 12.6. The molecule has 8 nitrogen and oxygen atoms in total. The number of esters is 1. The maximum atomic E-state index is 14.7. The smallest absolute Gasteiger partial charge is 0.329 e. The van der Waals surface area contributed by atoms with Gasteiger partial charge in [0.2, 0.25) is 0 Å². The summed E-state index contributed by atoms with van der Waals surface area (Å²) in [4.78, 5) is 28.9. The summed E-state index contributed by atoms with van der Waals surface area (Å²) in [5.74, 6) is 0.211. The number of anilines is 1. The number of unbranched alkanes of at least 4 members (excludes halogenated alkanes) is 1. The number of aryl methyl sites for hydroxylation is 3. The lowest BCUT2D eigenvalue weighted by Gasteiger charge is -2.28. The third-order valence-corrected chi connectivity index (χ3v) is 7.72. The second-order valence-electron chi connectivity index (χ2n) is 12.6. The van der Waals surface area contributed by atoms with Crippen molar-refractivity contribution < 1.29 is 18.7 Å². The first kappa shape index (κ1) is 33.5. The molecule has 3 heterocycles. The monoisotopic (exact) mass is 605 g/mol. The van der Waals surface area contributed by atoms with Gasteiger partial charge in [-0.2, -0.15) is 0 Å². The van der Waals surface area contributed by atoms with Gasteiger partial charge in [0.15, 0.2) is 0 Å². The van der Waals surface area contributed by atoms with Crippen molar-refractivity contribution in [3.63, 3.8) is 0 Å². The van der Waals surface area contributed by atoms with Crippen LogP contribution in [-0.2, 0) is 33.5 Å². The number of alkyl halides is 1. The zero-order valence-corrected chi connectivity index (χ0v) is 26.7. The fourth-order valence-corrected chi connectivity index (χ4v) is 5.56. The second-order valence-corrected chi connectivity index (χ2v) is 12.6. The first-order chi connectivity index (χ1) is 21.2. The standard InChI is InChI=1S/C35H48FN5O3/c1-35(2,3)44-34(42)32(40-33-23-28(16-20-38-33)26-14-18-37-19-15-26)17-22-41(24-29(36)25-43-4)21-8-7-10-30-13-12-27-9-5-6-11-31(27)39-30/h12-16,18-20,23,29,32H,5-11,17,21-22,24-25H2,1-4H3,(H,38,40)/t29-,32-/m0/s1. The van der Waals surface area contributed by atoms with Gasteiger partial charge in [0.25, 0.3) is 0 Å². The van der Waals surface area contributed by atoms with Gasteiger partial charge >= 0.3 is 5.97 Å². The van der Waals surface area contributed by atoms with Gasteiger partial charge in [-0.15, -0.1) is 0 Å². The van der Waals surface area contributed by atoms with E-state index in [1.807, 2.05) is 45.0 Å². The van der Waals surface area contributed by atoms with E-state index in [4.69, 9.17) is 14.5 Å². The van der Waals surface area contributed by atoms with Crippen LogP contribution in [0.3, 0.4) is 0 Å². The van der Waals surface area contributed by atoms with Crippen LogP contribution in [0.25, 0.3) is 11.1 Å². The molecule has 9 heteroatoms. The van der Waals surface area contributed by atoms with Crippen LogP contribution in [0.4, 0.5) is 10.2 Å². The summed E-state index contributed by atoms with van der Waals surface area (Å²) in [5.41, 5.74) is 5.11. The van der Waals surface area contributed by atoms with Crippen LogP contribution in [0.5, 0.6) is 0 Å². The van der Waals surface area contributed by atoms with Gasteiger partial charge < -0.3 is 19.7 Å². The molecule has 1 N–H and O–H groups in total. The number of nitrogens with one attached hydrogen (secondary N) is 1. The number of hydrogen-bond acceptors (Lipinski definition) is 8. The van der Waals surface area contributed by atoms with E-state index in [9.17, 15) is 9.18 Å². The van der Waals surface area contributed by atoms with Gasteiger partial charge in [-0.1, -0.05) is 6.07 Å². The Hall–Kier alpha value is -3.43. The number of methoxy groups -OCH3 is 1. The molecule has 0 amide bonds. The molecular formula is C35H48FN5O3. The number of carbonyl (C=O) groups is 1. The van der Waals surface area contributed by atoms with E-state index in [0.29, 0.717) is 25.3 Å². The lowest BCUT2D eigenvalue weighted by molar-refractivity contribution is -0.156. The van der Waals surface area contributed by atoms with Gasteiger partial charge in [-0.25, -0.2) is 14.2 Å². The van der Waals surface area contributed by atoms with E-state index in [-0.39, 0.29) is 19.1 Å². The number of fused-ring (bicyclic) bond motifs is 1. The molecule has 238 valence electrons. The zero-order chi connectivity index (χ0) is 31.4. The van der Waals surface area contributed by atoms with E-state index >= 15 is 0 Å². The van der Waals surface area contributed by atoms with E-state index in [2.05, 4.69) is 32.3 Å². The summed E-state index contributed by atoms with van der Waals surface area (Å²) >= 11 is 0. The van der Waals surface area contributed by atoms with E-state index in [0.717, 1.165) is 48.9 Å². The average Bonchev–Trinajstić information content (AvgIpc) is 3.00. The molecule has 1 aliphatic carbocycles. The minimum atomic E-state index is -1.12. The Morgan fingerprint density at radius 2 is 1.80 bits per heavy atom. The predicted molar refractivity (Wildman–Crippen MR) is 172 cm³/mol. The number of nitrogens with zero attached hydrogens (tertiary/aromatic N) is 4. The normalized spacial score (nSPS) is 14.6. The number of carbonyl (C=O) groups excluding carboxylic acids is 1. The molecule has 0 aromatic carbocycles. The summed E-state index contributed by atoms with van der Waals surface area (Å²) in [5, 5.41) is 3.30. The molecular weight excluding hydrogens is 557 g/mol.